The summed E-state index contributed by atoms with van der Waals surface area (Å²) < 4.78 is 32.2. The molecule has 3 rings (SSSR count). The maximum atomic E-state index is 12.5. The number of hydrogen-bond acceptors (Lipinski definition) is 4. The SMILES string of the molecule is C=CC.O=S(=O)(c1ccccc1)N1CCC2(CC1)NCCO2. The first kappa shape index (κ1) is 17.1. The lowest BCUT2D eigenvalue weighted by Gasteiger charge is -2.37. The Morgan fingerprint density at radius 1 is 1.27 bits per heavy atom. The van der Waals surface area contributed by atoms with E-state index in [9.17, 15) is 8.42 Å². The highest BCUT2D eigenvalue weighted by Crippen LogP contribution is 2.29. The number of allylic oxidation sites excluding steroid dienone is 1. The maximum Gasteiger partial charge on any atom is 0.243 e. The van der Waals surface area contributed by atoms with Crippen molar-refractivity contribution in [3.05, 3.63) is 43.0 Å². The van der Waals surface area contributed by atoms with Crippen LogP contribution in [0, 0.1) is 0 Å². The van der Waals surface area contributed by atoms with Crippen molar-refractivity contribution in [2.75, 3.05) is 26.2 Å². The first-order chi connectivity index (χ1) is 10.5. The second-order valence-electron chi connectivity index (χ2n) is 5.39. The second-order valence-corrected chi connectivity index (χ2v) is 7.33. The van der Waals surface area contributed by atoms with Crippen LogP contribution in [-0.4, -0.2) is 44.7 Å². The predicted octanol–water partition coefficient (Wildman–Crippen LogP) is 1.98. The molecule has 0 aromatic heterocycles. The number of ether oxygens (including phenoxy) is 1. The van der Waals surface area contributed by atoms with Gasteiger partial charge >= 0.3 is 0 Å². The summed E-state index contributed by atoms with van der Waals surface area (Å²) in [4.78, 5) is 0.367. The Balaban J connectivity index is 0.000000545. The molecule has 1 aromatic rings. The van der Waals surface area contributed by atoms with Crippen LogP contribution in [0.5, 0.6) is 0 Å². The third kappa shape index (κ3) is 3.76. The fraction of sp³-hybridized carbons (Fsp3) is 0.500. The fourth-order valence-corrected chi connectivity index (χ4v) is 4.19. The molecule has 6 heteroatoms. The van der Waals surface area contributed by atoms with Gasteiger partial charge in [-0.1, -0.05) is 24.3 Å². The minimum atomic E-state index is -3.36. The van der Waals surface area contributed by atoms with Crippen LogP contribution in [0.25, 0.3) is 0 Å². The van der Waals surface area contributed by atoms with Gasteiger partial charge in [-0.15, -0.1) is 6.58 Å². The average molecular weight is 324 g/mol. The number of nitrogens with zero attached hydrogens (tertiary/aromatic N) is 1. The summed E-state index contributed by atoms with van der Waals surface area (Å²) in [7, 11) is -3.36. The maximum absolute atomic E-state index is 12.5. The Morgan fingerprint density at radius 3 is 2.36 bits per heavy atom. The Labute approximate surface area is 133 Å². The molecule has 1 aromatic carbocycles. The molecule has 0 bridgehead atoms. The molecule has 1 N–H and O–H groups in total. The molecule has 2 heterocycles. The first-order valence-electron chi connectivity index (χ1n) is 7.55. The van der Waals surface area contributed by atoms with E-state index < -0.39 is 10.0 Å². The highest BCUT2D eigenvalue weighted by atomic mass is 32.2. The summed E-state index contributed by atoms with van der Waals surface area (Å²) in [6.07, 6.45) is 3.16. The molecule has 2 aliphatic heterocycles. The van der Waals surface area contributed by atoms with Gasteiger partial charge in [0.25, 0.3) is 0 Å². The van der Waals surface area contributed by atoms with E-state index in [0.29, 0.717) is 37.4 Å². The van der Waals surface area contributed by atoms with Gasteiger partial charge in [0.05, 0.1) is 11.5 Å². The van der Waals surface area contributed by atoms with E-state index in [1.54, 1.807) is 34.6 Å². The molecule has 22 heavy (non-hydrogen) atoms. The van der Waals surface area contributed by atoms with Crippen LogP contribution in [0.2, 0.25) is 0 Å². The van der Waals surface area contributed by atoms with E-state index in [1.807, 2.05) is 13.0 Å². The standard InChI is InChI=1S/C13H18N2O3S.C3H6/c16-19(17,12-4-2-1-3-5-12)15-9-6-13(7-10-15)14-8-11-18-13;1-3-2/h1-5,14H,6-11H2;3H,1H2,2H3. The molecule has 5 nitrogen and oxygen atoms in total. The van der Waals surface area contributed by atoms with E-state index in [2.05, 4.69) is 11.9 Å². The lowest BCUT2D eigenvalue weighted by atomic mass is 10.0. The van der Waals surface area contributed by atoms with Gasteiger partial charge < -0.3 is 4.74 Å². The molecule has 0 amide bonds. The fourth-order valence-electron chi connectivity index (χ4n) is 2.73. The average Bonchev–Trinajstić information content (AvgIpc) is 2.98. The Hall–Kier alpha value is -1.21. The van der Waals surface area contributed by atoms with Crippen molar-refractivity contribution in [2.24, 2.45) is 0 Å². The van der Waals surface area contributed by atoms with Gasteiger partial charge in [-0.25, -0.2) is 8.42 Å². The molecule has 0 unspecified atom stereocenters. The largest absolute Gasteiger partial charge is 0.359 e. The van der Waals surface area contributed by atoms with Gasteiger partial charge in [0.15, 0.2) is 0 Å². The molecule has 0 saturated carbocycles. The monoisotopic (exact) mass is 324 g/mol. The number of benzene rings is 1. The van der Waals surface area contributed by atoms with Gasteiger partial charge in [-0.2, -0.15) is 4.31 Å². The third-order valence-electron chi connectivity index (χ3n) is 3.84. The zero-order chi connectivity index (χ0) is 16.1. The minimum Gasteiger partial charge on any atom is -0.359 e. The van der Waals surface area contributed by atoms with Gasteiger partial charge in [0, 0.05) is 32.5 Å². The van der Waals surface area contributed by atoms with E-state index in [0.717, 1.165) is 6.54 Å². The molecule has 2 saturated heterocycles. The van der Waals surface area contributed by atoms with Crippen molar-refractivity contribution < 1.29 is 13.2 Å². The summed E-state index contributed by atoms with van der Waals surface area (Å²) in [6, 6.07) is 8.61. The topological polar surface area (TPSA) is 58.6 Å². The third-order valence-corrected chi connectivity index (χ3v) is 5.75. The Kier molecular flexibility index (Phi) is 5.74. The highest BCUT2D eigenvalue weighted by Gasteiger charge is 2.41. The summed E-state index contributed by atoms with van der Waals surface area (Å²) in [5.74, 6) is 0. The van der Waals surface area contributed by atoms with Crippen LogP contribution < -0.4 is 5.32 Å². The van der Waals surface area contributed by atoms with Crippen molar-refractivity contribution in [3.63, 3.8) is 0 Å². The molecule has 0 atom stereocenters. The number of rotatable bonds is 2. The number of nitrogens with one attached hydrogen (secondary N) is 1. The summed E-state index contributed by atoms with van der Waals surface area (Å²) >= 11 is 0. The molecule has 0 radical (unpaired) electrons. The van der Waals surface area contributed by atoms with E-state index in [4.69, 9.17) is 4.74 Å². The van der Waals surface area contributed by atoms with Crippen LogP contribution in [-0.2, 0) is 14.8 Å². The first-order valence-corrected chi connectivity index (χ1v) is 8.99. The van der Waals surface area contributed by atoms with E-state index in [-0.39, 0.29) is 5.72 Å². The van der Waals surface area contributed by atoms with E-state index in [1.165, 1.54) is 0 Å². The van der Waals surface area contributed by atoms with Gasteiger partial charge in [-0.05, 0) is 19.1 Å². The summed E-state index contributed by atoms with van der Waals surface area (Å²) in [5, 5.41) is 3.34. The lowest BCUT2D eigenvalue weighted by molar-refractivity contribution is -0.0445. The van der Waals surface area contributed by atoms with E-state index >= 15 is 0 Å². The Morgan fingerprint density at radius 2 is 1.86 bits per heavy atom. The van der Waals surface area contributed by atoms with Gasteiger partial charge in [-0.3, -0.25) is 5.32 Å². The Bertz CT molecular complexity index is 571. The van der Waals surface area contributed by atoms with Crippen LogP contribution in [0.1, 0.15) is 19.8 Å². The van der Waals surface area contributed by atoms with Crippen LogP contribution >= 0.6 is 0 Å². The molecule has 0 aliphatic carbocycles. The number of hydrogen-bond donors (Lipinski definition) is 1. The molecule has 1 spiro atoms. The van der Waals surface area contributed by atoms with Crippen LogP contribution in [0.15, 0.2) is 47.9 Å². The molecular formula is C16H24N2O3S. The molecule has 2 aliphatic rings. The van der Waals surface area contributed by atoms with Crippen molar-refractivity contribution >= 4 is 10.0 Å². The second kappa shape index (κ2) is 7.37. The zero-order valence-corrected chi connectivity index (χ0v) is 13.8. The van der Waals surface area contributed by atoms with Crippen molar-refractivity contribution in [2.45, 2.75) is 30.4 Å². The molecular weight excluding hydrogens is 300 g/mol. The van der Waals surface area contributed by atoms with Crippen LogP contribution in [0.4, 0.5) is 0 Å². The molecule has 2 fully saturated rings. The normalized spacial score (nSPS) is 21.1. The zero-order valence-electron chi connectivity index (χ0n) is 13.0. The quantitative estimate of drug-likeness (QED) is 0.845. The summed E-state index contributed by atoms with van der Waals surface area (Å²) in [5.41, 5.74) is -0.289. The lowest BCUT2D eigenvalue weighted by Crippen LogP contribution is -2.52. The van der Waals surface area contributed by atoms with Gasteiger partial charge in [0.1, 0.15) is 5.72 Å². The van der Waals surface area contributed by atoms with Gasteiger partial charge in [0.2, 0.25) is 10.0 Å². The van der Waals surface area contributed by atoms with Crippen molar-refractivity contribution in [1.29, 1.82) is 0 Å². The highest BCUT2D eigenvalue weighted by molar-refractivity contribution is 7.89. The number of sulfonamides is 1. The van der Waals surface area contributed by atoms with Crippen molar-refractivity contribution in [1.82, 2.24) is 9.62 Å². The minimum absolute atomic E-state index is 0.289. The molecule has 122 valence electrons. The van der Waals surface area contributed by atoms with Crippen molar-refractivity contribution in [3.8, 4) is 0 Å². The summed E-state index contributed by atoms with van der Waals surface area (Å²) in [6.45, 7) is 7.82. The number of piperidine rings is 1. The predicted molar refractivity (Wildman–Crippen MR) is 87.0 cm³/mol. The smallest absolute Gasteiger partial charge is 0.243 e. The van der Waals surface area contributed by atoms with Crippen LogP contribution in [0.3, 0.4) is 0 Å².